The maximum absolute atomic E-state index is 11.3. The lowest BCUT2D eigenvalue weighted by Gasteiger charge is -2.42. The Balaban J connectivity index is 2.50. The number of nitrogens with one attached hydrogen (secondary N) is 1. The largest absolute Gasteiger partial charge is 0.353 e. The highest BCUT2D eigenvalue weighted by atomic mass is 16.2. The summed E-state index contributed by atoms with van der Waals surface area (Å²) in [7, 11) is 0. The van der Waals surface area contributed by atoms with Gasteiger partial charge in [-0.25, -0.2) is 0 Å². The second-order valence-electron chi connectivity index (χ2n) is 5.19. The summed E-state index contributed by atoms with van der Waals surface area (Å²) in [6.45, 7) is 11.2. The van der Waals surface area contributed by atoms with Crippen molar-refractivity contribution >= 4 is 5.91 Å². The molecule has 0 spiro atoms. The van der Waals surface area contributed by atoms with E-state index in [2.05, 4.69) is 37.9 Å². The molecule has 0 radical (unpaired) electrons. The number of hydrogen-bond acceptors (Lipinski definition) is 2. The van der Waals surface area contributed by atoms with E-state index in [1.54, 1.807) is 0 Å². The molecule has 3 heteroatoms. The SMILES string of the molecule is CC(C)CCN1CC(=O)NCC1(C)C. The molecule has 0 atom stereocenters. The third-order valence-electron chi connectivity index (χ3n) is 2.89. The summed E-state index contributed by atoms with van der Waals surface area (Å²) >= 11 is 0. The average molecular weight is 198 g/mol. The zero-order valence-corrected chi connectivity index (χ0v) is 9.76. The van der Waals surface area contributed by atoms with Crippen molar-refractivity contribution in [3.8, 4) is 0 Å². The molecule has 82 valence electrons. The lowest BCUT2D eigenvalue weighted by molar-refractivity contribution is -0.127. The Morgan fingerprint density at radius 1 is 1.50 bits per heavy atom. The fourth-order valence-electron chi connectivity index (χ4n) is 1.67. The van der Waals surface area contributed by atoms with Crippen molar-refractivity contribution in [1.29, 1.82) is 0 Å². The predicted molar refractivity (Wildman–Crippen MR) is 58.1 cm³/mol. The van der Waals surface area contributed by atoms with Crippen LogP contribution in [-0.4, -0.2) is 36.0 Å². The molecule has 1 aliphatic rings. The molecule has 0 unspecified atom stereocenters. The molecule has 1 rings (SSSR count). The Hall–Kier alpha value is -0.570. The van der Waals surface area contributed by atoms with E-state index in [0.717, 1.165) is 19.5 Å². The molecule has 0 aromatic rings. The molecule has 0 aromatic carbocycles. The zero-order valence-electron chi connectivity index (χ0n) is 9.76. The minimum atomic E-state index is 0.114. The van der Waals surface area contributed by atoms with Gasteiger partial charge in [0, 0.05) is 12.1 Å². The molecule has 0 bridgehead atoms. The quantitative estimate of drug-likeness (QED) is 0.740. The van der Waals surface area contributed by atoms with Crippen LogP contribution in [0.3, 0.4) is 0 Å². The molecule has 0 aliphatic carbocycles. The van der Waals surface area contributed by atoms with Crippen LogP contribution in [0.5, 0.6) is 0 Å². The summed E-state index contributed by atoms with van der Waals surface area (Å²) in [4.78, 5) is 13.5. The van der Waals surface area contributed by atoms with Crippen molar-refractivity contribution < 1.29 is 4.79 Å². The monoisotopic (exact) mass is 198 g/mol. The van der Waals surface area contributed by atoms with Crippen LogP contribution < -0.4 is 5.32 Å². The third-order valence-corrected chi connectivity index (χ3v) is 2.89. The second-order valence-corrected chi connectivity index (χ2v) is 5.19. The van der Waals surface area contributed by atoms with Gasteiger partial charge in [-0.05, 0) is 32.7 Å². The molecule has 1 amide bonds. The summed E-state index contributed by atoms with van der Waals surface area (Å²) in [5.41, 5.74) is 0.114. The van der Waals surface area contributed by atoms with Crippen LogP contribution in [0.2, 0.25) is 0 Å². The highest BCUT2D eigenvalue weighted by Crippen LogP contribution is 2.17. The predicted octanol–water partition coefficient (Wildman–Crippen LogP) is 1.24. The summed E-state index contributed by atoms with van der Waals surface area (Å²) < 4.78 is 0. The van der Waals surface area contributed by atoms with Gasteiger partial charge in [-0.1, -0.05) is 13.8 Å². The maximum Gasteiger partial charge on any atom is 0.234 e. The van der Waals surface area contributed by atoms with Crippen molar-refractivity contribution in [3.05, 3.63) is 0 Å². The summed E-state index contributed by atoms with van der Waals surface area (Å²) in [6.07, 6.45) is 1.16. The Morgan fingerprint density at radius 2 is 2.14 bits per heavy atom. The lowest BCUT2D eigenvalue weighted by Crippen LogP contribution is -2.60. The highest BCUT2D eigenvalue weighted by molar-refractivity contribution is 5.79. The fourth-order valence-corrected chi connectivity index (χ4v) is 1.67. The van der Waals surface area contributed by atoms with E-state index in [-0.39, 0.29) is 11.4 Å². The summed E-state index contributed by atoms with van der Waals surface area (Å²) in [5.74, 6) is 0.865. The smallest absolute Gasteiger partial charge is 0.234 e. The van der Waals surface area contributed by atoms with Gasteiger partial charge in [-0.3, -0.25) is 9.69 Å². The Labute approximate surface area is 86.9 Å². The van der Waals surface area contributed by atoms with Crippen LogP contribution in [0.15, 0.2) is 0 Å². The van der Waals surface area contributed by atoms with Crippen molar-refractivity contribution in [2.45, 2.75) is 39.7 Å². The second kappa shape index (κ2) is 4.30. The number of amides is 1. The molecule has 3 nitrogen and oxygen atoms in total. The van der Waals surface area contributed by atoms with E-state index >= 15 is 0 Å². The molecule has 0 aromatic heterocycles. The maximum atomic E-state index is 11.3. The minimum Gasteiger partial charge on any atom is -0.353 e. The zero-order chi connectivity index (χ0) is 10.8. The van der Waals surface area contributed by atoms with Gasteiger partial charge in [0.2, 0.25) is 5.91 Å². The van der Waals surface area contributed by atoms with E-state index in [1.165, 1.54) is 0 Å². The first-order valence-corrected chi connectivity index (χ1v) is 5.43. The summed E-state index contributed by atoms with van der Waals surface area (Å²) in [5, 5.41) is 2.91. The molecule has 14 heavy (non-hydrogen) atoms. The van der Waals surface area contributed by atoms with E-state index in [1.807, 2.05) is 0 Å². The first-order chi connectivity index (χ1) is 6.42. The number of hydrogen-bond donors (Lipinski definition) is 1. The van der Waals surface area contributed by atoms with E-state index in [0.29, 0.717) is 12.5 Å². The fraction of sp³-hybridized carbons (Fsp3) is 0.909. The molecule has 1 N–H and O–H groups in total. The molecule has 0 saturated carbocycles. The third kappa shape index (κ3) is 2.98. The van der Waals surface area contributed by atoms with Gasteiger partial charge in [-0.2, -0.15) is 0 Å². The first-order valence-electron chi connectivity index (χ1n) is 5.43. The Morgan fingerprint density at radius 3 is 2.71 bits per heavy atom. The Kier molecular flexibility index (Phi) is 3.53. The van der Waals surface area contributed by atoms with Crippen LogP contribution in [0.4, 0.5) is 0 Å². The number of carbonyl (C=O) groups is 1. The van der Waals surface area contributed by atoms with Crippen molar-refractivity contribution in [2.75, 3.05) is 19.6 Å². The van der Waals surface area contributed by atoms with Crippen molar-refractivity contribution in [1.82, 2.24) is 10.2 Å². The van der Waals surface area contributed by atoms with Gasteiger partial charge in [0.15, 0.2) is 0 Å². The Bertz CT molecular complexity index is 211. The topological polar surface area (TPSA) is 32.3 Å². The van der Waals surface area contributed by atoms with Crippen LogP contribution >= 0.6 is 0 Å². The normalized spacial score (nSPS) is 22.5. The van der Waals surface area contributed by atoms with E-state index < -0.39 is 0 Å². The van der Waals surface area contributed by atoms with Crippen molar-refractivity contribution in [2.24, 2.45) is 5.92 Å². The minimum absolute atomic E-state index is 0.114. The standard InChI is InChI=1S/C11H22N2O/c1-9(2)5-6-13-7-10(14)12-8-11(13,3)4/h9H,5-8H2,1-4H3,(H,12,14). The van der Waals surface area contributed by atoms with Gasteiger partial charge < -0.3 is 5.32 Å². The first kappa shape index (κ1) is 11.5. The van der Waals surface area contributed by atoms with Gasteiger partial charge in [0.1, 0.15) is 0 Å². The highest BCUT2D eigenvalue weighted by Gasteiger charge is 2.32. The molecule has 1 saturated heterocycles. The van der Waals surface area contributed by atoms with Gasteiger partial charge in [0.05, 0.1) is 6.54 Å². The lowest BCUT2D eigenvalue weighted by atomic mass is 9.98. The van der Waals surface area contributed by atoms with Crippen LogP contribution in [0, 0.1) is 5.92 Å². The number of rotatable bonds is 3. The number of carbonyl (C=O) groups excluding carboxylic acids is 1. The number of piperazine rings is 1. The summed E-state index contributed by atoms with van der Waals surface area (Å²) in [6, 6.07) is 0. The molecular weight excluding hydrogens is 176 g/mol. The molecule has 1 aliphatic heterocycles. The van der Waals surface area contributed by atoms with Crippen molar-refractivity contribution in [3.63, 3.8) is 0 Å². The van der Waals surface area contributed by atoms with E-state index in [4.69, 9.17) is 0 Å². The van der Waals surface area contributed by atoms with E-state index in [9.17, 15) is 4.79 Å². The van der Waals surface area contributed by atoms with Gasteiger partial charge >= 0.3 is 0 Å². The molecular formula is C11H22N2O. The molecule has 1 heterocycles. The van der Waals surface area contributed by atoms with Crippen LogP contribution in [-0.2, 0) is 4.79 Å². The number of nitrogens with zero attached hydrogens (tertiary/aromatic N) is 1. The van der Waals surface area contributed by atoms with Gasteiger partial charge in [-0.15, -0.1) is 0 Å². The van der Waals surface area contributed by atoms with Crippen LogP contribution in [0.25, 0.3) is 0 Å². The average Bonchev–Trinajstić information content (AvgIpc) is 2.07. The molecule has 1 fully saturated rings. The van der Waals surface area contributed by atoms with Gasteiger partial charge in [0.25, 0.3) is 0 Å². The van der Waals surface area contributed by atoms with Crippen LogP contribution in [0.1, 0.15) is 34.1 Å².